The number of nitrogens with zero attached hydrogens (tertiary/aromatic N) is 4. The summed E-state index contributed by atoms with van der Waals surface area (Å²) in [6, 6.07) is 17.5. The van der Waals surface area contributed by atoms with Crippen LogP contribution in [0.1, 0.15) is 40.3 Å². The molecule has 2 aromatic heterocycles. The van der Waals surface area contributed by atoms with E-state index in [1.165, 1.54) is 12.1 Å². The van der Waals surface area contributed by atoms with Crippen LogP contribution in [0.25, 0.3) is 5.65 Å². The van der Waals surface area contributed by atoms with Gasteiger partial charge >= 0.3 is 6.18 Å². The molecule has 5 rings (SSSR count). The van der Waals surface area contributed by atoms with Crippen molar-refractivity contribution in [1.82, 2.24) is 14.3 Å². The maximum absolute atomic E-state index is 13.5. The molecule has 0 spiro atoms. The maximum Gasteiger partial charge on any atom is 0.416 e. The number of carbonyl (C=O) groups excluding carboxylic acids is 1. The van der Waals surface area contributed by atoms with E-state index in [1.807, 2.05) is 70.8 Å². The van der Waals surface area contributed by atoms with Gasteiger partial charge in [0, 0.05) is 56.6 Å². The number of anilines is 1. The second kappa shape index (κ2) is 9.92. The Kier molecular flexibility index (Phi) is 6.67. The number of amides is 1. The van der Waals surface area contributed by atoms with Gasteiger partial charge in [-0.2, -0.15) is 13.2 Å². The number of pyridine rings is 1. The predicted octanol–water partition coefficient (Wildman–Crippen LogP) is 5.84. The smallest absolute Gasteiger partial charge is 0.368 e. The number of alkyl halides is 3. The maximum atomic E-state index is 13.5. The molecule has 1 atom stereocenters. The zero-order valence-corrected chi connectivity index (χ0v) is 20.9. The van der Waals surface area contributed by atoms with Gasteiger partial charge in [-0.3, -0.25) is 4.79 Å². The van der Waals surface area contributed by atoms with Gasteiger partial charge in [-0.1, -0.05) is 30.3 Å². The summed E-state index contributed by atoms with van der Waals surface area (Å²) in [5.41, 5.74) is 4.98. The number of piperazine rings is 1. The Balaban J connectivity index is 1.35. The molecule has 1 amide bonds. The highest BCUT2D eigenvalue weighted by atomic mass is 19.4. The van der Waals surface area contributed by atoms with Crippen molar-refractivity contribution in [3.63, 3.8) is 0 Å². The highest BCUT2D eigenvalue weighted by molar-refractivity contribution is 5.78. The number of aryl methyl sites for hydroxylation is 2. The van der Waals surface area contributed by atoms with Gasteiger partial charge in [0.15, 0.2) is 0 Å². The molecule has 1 saturated heterocycles. The van der Waals surface area contributed by atoms with Crippen molar-refractivity contribution in [2.45, 2.75) is 32.4 Å². The summed E-state index contributed by atoms with van der Waals surface area (Å²) in [7, 11) is 0. The van der Waals surface area contributed by atoms with Crippen LogP contribution in [0.5, 0.6) is 0 Å². The number of fused-ring (bicyclic) bond motifs is 1. The third-order valence-corrected chi connectivity index (χ3v) is 7.17. The van der Waals surface area contributed by atoms with E-state index in [2.05, 4.69) is 11.1 Å². The average molecular weight is 507 g/mol. The van der Waals surface area contributed by atoms with Gasteiger partial charge in [0.2, 0.25) is 5.91 Å². The first-order chi connectivity index (χ1) is 17.7. The van der Waals surface area contributed by atoms with Crippen LogP contribution in [0.15, 0.2) is 73.1 Å². The Bertz CT molecular complexity index is 1420. The van der Waals surface area contributed by atoms with E-state index in [0.717, 1.165) is 34.1 Å². The van der Waals surface area contributed by atoms with Crippen molar-refractivity contribution in [2.75, 3.05) is 31.1 Å². The quantitative estimate of drug-likeness (QED) is 0.342. The van der Waals surface area contributed by atoms with Gasteiger partial charge in [-0.05, 0) is 60.9 Å². The van der Waals surface area contributed by atoms with Crippen LogP contribution in [0.3, 0.4) is 0 Å². The molecule has 1 aliphatic rings. The summed E-state index contributed by atoms with van der Waals surface area (Å²) in [6.07, 6.45) is -0.244. The van der Waals surface area contributed by atoms with E-state index in [-0.39, 0.29) is 18.2 Å². The Morgan fingerprint density at radius 2 is 1.73 bits per heavy atom. The normalized spacial score (nSPS) is 15.3. The lowest BCUT2D eigenvalue weighted by Crippen LogP contribution is -2.49. The monoisotopic (exact) mass is 506 g/mol. The van der Waals surface area contributed by atoms with Crippen LogP contribution in [0, 0.1) is 13.8 Å². The lowest BCUT2D eigenvalue weighted by molar-refractivity contribution is -0.137. The second-order valence-electron chi connectivity index (χ2n) is 9.64. The largest absolute Gasteiger partial charge is 0.416 e. The molecule has 37 heavy (non-hydrogen) atoms. The summed E-state index contributed by atoms with van der Waals surface area (Å²) in [4.78, 5) is 21.9. The van der Waals surface area contributed by atoms with Crippen LogP contribution in [0.4, 0.5) is 18.9 Å². The number of hydrogen-bond donors (Lipinski definition) is 0. The molecule has 0 aliphatic carbocycles. The highest BCUT2D eigenvalue weighted by Crippen LogP contribution is 2.33. The third-order valence-electron chi connectivity index (χ3n) is 7.17. The number of halogens is 3. The molecule has 2 aromatic carbocycles. The lowest BCUT2D eigenvalue weighted by atomic mass is 9.89. The molecule has 1 unspecified atom stereocenters. The predicted molar refractivity (Wildman–Crippen MR) is 138 cm³/mol. The van der Waals surface area contributed by atoms with Crippen LogP contribution in [0.2, 0.25) is 0 Å². The third kappa shape index (κ3) is 5.19. The molecule has 1 fully saturated rings. The fraction of sp³-hybridized carbons (Fsp3) is 0.310. The zero-order valence-electron chi connectivity index (χ0n) is 20.9. The zero-order chi connectivity index (χ0) is 26.2. The molecule has 8 heteroatoms. The van der Waals surface area contributed by atoms with Crippen molar-refractivity contribution in [2.24, 2.45) is 0 Å². The molecule has 1 aliphatic heterocycles. The average Bonchev–Trinajstić information content (AvgIpc) is 3.30. The van der Waals surface area contributed by atoms with E-state index >= 15 is 0 Å². The van der Waals surface area contributed by atoms with E-state index < -0.39 is 11.7 Å². The minimum Gasteiger partial charge on any atom is -0.368 e. The summed E-state index contributed by atoms with van der Waals surface area (Å²) in [6.45, 7) is 5.96. The fourth-order valence-electron chi connectivity index (χ4n) is 5.11. The van der Waals surface area contributed by atoms with Crippen molar-refractivity contribution in [3.8, 4) is 0 Å². The number of hydrogen-bond acceptors (Lipinski definition) is 3. The fourth-order valence-corrected chi connectivity index (χ4v) is 5.11. The second-order valence-corrected chi connectivity index (χ2v) is 9.64. The summed E-state index contributed by atoms with van der Waals surface area (Å²) in [5, 5.41) is 0. The number of aromatic nitrogens is 2. The molecular weight excluding hydrogens is 477 g/mol. The van der Waals surface area contributed by atoms with E-state index in [9.17, 15) is 18.0 Å². The Morgan fingerprint density at radius 1 is 0.973 bits per heavy atom. The van der Waals surface area contributed by atoms with Crippen LogP contribution >= 0.6 is 0 Å². The van der Waals surface area contributed by atoms with Crippen LogP contribution < -0.4 is 4.90 Å². The Hall–Kier alpha value is -3.81. The van der Waals surface area contributed by atoms with Gasteiger partial charge < -0.3 is 14.2 Å². The summed E-state index contributed by atoms with van der Waals surface area (Å²) >= 11 is 0. The number of benzene rings is 2. The van der Waals surface area contributed by atoms with Gasteiger partial charge in [0.25, 0.3) is 0 Å². The topological polar surface area (TPSA) is 40.9 Å². The number of rotatable bonds is 5. The SMILES string of the molecule is Cc1ccn2c(C(CC(=O)N3CCN(c4cccc(C(F)(F)F)c4)CC3)c3ccccc3C)cnc2c1. The van der Waals surface area contributed by atoms with Crippen molar-refractivity contribution < 1.29 is 18.0 Å². The van der Waals surface area contributed by atoms with Crippen LogP contribution in [-0.4, -0.2) is 46.4 Å². The van der Waals surface area contributed by atoms with E-state index in [0.29, 0.717) is 31.9 Å². The molecule has 192 valence electrons. The molecule has 0 radical (unpaired) electrons. The molecule has 0 saturated carbocycles. The number of carbonyl (C=O) groups is 1. The van der Waals surface area contributed by atoms with E-state index in [1.54, 1.807) is 6.07 Å². The summed E-state index contributed by atoms with van der Waals surface area (Å²) < 4.78 is 41.5. The van der Waals surface area contributed by atoms with Gasteiger partial charge in [-0.15, -0.1) is 0 Å². The Morgan fingerprint density at radius 3 is 2.46 bits per heavy atom. The molecule has 4 aromatic rings. The summed E-state index contributed by atoms with van der Waals surface area (Å²) in [5.74, 6) is -0.146. The van der Waals surface area contributed by atoms with E-state index in [4.69, 9.17) is 0 Å². The molecule has 0 N–H and O–H groups in total. The lowest BCUT2D eigenvalue weighted by Gasteiger charge is -2.37. The molecule has 0 bridgehead atoms. The first kappa shape index (κ1) is 24.9. The van der Waals surface area contributed by atoms with Gasteiger partial charge in [0.1, 0.15) is 5.65 Å². The van der Waals surface area contributed by atoms with Crippen molar-refractivity contribution in [3.05, 3.63) is 101 Å². The standard InChI is InChI=1S/C29H29F3N4O/c1-20-10-11-36-26(19-33-27(36)16-20)25(24-9-4-3-6-21(24)2)18-28(37)35-14-12-34(13-15-35)23-8-5-7-22(17-23)29(30,31)32/h3-11,16-17,19,25H,12-15,18H2,1-2H3. The first-order valence-electron chi connectivity index (χ1n) is 12.4. The molecule has 5 nitrogen and oxygen atoms in total. The number of imidazole rings is 1. The molecular formula is C29H29F3N4O. The van der Waals surface area contributed by atoms with Crippen molar-refractivity contribution in [1.29, 1.82) is 0 Å². The minimum absolute atomic E-state index is 0.0269. The minimum atomic E-state index is -4.38. The van der Waals surface area contributed by atoms with Gasteiger partial charge in [0.05, 0.1) is 11.3 Å². The first-order valence-corrected chi connectivity index (χ1v) is 12.4. The highest BCUT2D eigenvalue weighted by Gasteiger charge is 2.32. The van der Waals surface area contributed by atoms with Gasteiger partial charge in [-0.25, -0.2) is 4.98 Å². The molecule has 3 heterocycles. The van der Waals surface area contributed by atoms with Crippen molar-refractivity contribution >= 4 is 17.2 Å². The Labute approximate surface area is 214 Å². The van der Waals surface area contributed by atoms with Crippen LogP contribution in [-0.2, 0) is 11.0 Å².